The molecule has 0 aromatic rings. The molecule has 0 aromatic heterocycles. The molecule has 0 fully saturated rings. The van der Waals surface area contributed by atoms with Crippen molar-refractivity contribution in [1.82, 2.24) is 0 Å². The summed E-state index contributed by atoms with van der Waals surface area (Å²) >= 11 is 8.80. The Labute approximate surface area is 49.6 Å². The fraction of sp³-hybridized carbons (Fsp3) is 0. The molecule has 0 saturated heterocycles. The van der Waals surface area contributed by atoms with Crippen LogP contribution in [0.4, 0.5) is 4.79 Å². The molecule has 0 radical (unpaired) electrons. The second-order valence-corrected chi connectivity index (χ2v) is 1.11. The number of carbonyl (C=O) groups excluding carboxylic acids is 1. The molecule has 0 aliphatic rings. The Hall–Kier alpha value is 0.744. The quantitative estimate of drug-likeness (QED) is 0.386. The average molecular weight is 158 g/mol. The van der Waals surface area contributed by atoms with E-state index in [0.717, 1.165) is 0 Å². The summed E-state index contributed by atoms with van der Waals surface area (Å²) in [5, 5.41) is 0. The van der Waals surface area contributed by atoms with Crippen LogP contribution in [0.1, 0.15) is 0 Å². The molecule has 0 unspecified atom stereocenters. The van der Waals surface area contributed by atoms with Crippen molar-refractivity contribution in [3.63, 3.8) is 0 Å². The van der Waals surface area contributed by atoms with Gasteiger partial charge in [0.05, 0.1) is 0 Å². The summed E-state index contributed by atoms with van der Waals surface area (Å²) in [6, 6.07) is 0. The van der Waals surface area contributed by atoms with Crippen molar-refractivity contribution in [2.24, 2.45) is 0 Å². The normalized spacial score (nSPS) is 5.20. The van der Waals surface area contributed by atoms with Gasteiger partial charge in [0.2, 0.25) is 0 Å². The summed E-state index contributed by atoms with van der Waals surface area (Å²) in [5.41, 5.74) is 0. The van der Waals surface area contributed by atoms with E-state index in [1.54, 1.807) is 0 Å². The van der Waals surface area contributed by atoms with Crippen LogP contribution in [0.5, 0.6) is 0 Å². The number of carbonyl (C=O) groups is 1. The number of hydrogen-bond acceptors (Lipinski definition) is 1. The summed E-state index contributed by atoms with van der Waals surface area (Å²) in [5.74, 6) is 0. The van der Waals surface area contributed by atoms with E-state index in [4.69, 9.17) is 4.79 Å². The number of hydrogen-bond donors (Lipinski definition) is 0. The standard InChI is InChI=1S/CCl2O.Ni/c2-1(3)4;. The second-order valence-electron chi connectivity index (χ2n) is 0.226. The SMILES string of the molecule is O=C(Cl)Cl.[Ni]. The molecule has 4 heteroatoms. The van der Waals surface area contributed by atoms with Crippen LogP contribution in [0.15, 0.2) is 0 Å². The zero-order chi connectivity index (χ0) is 3.58. The molecule has 0 atom stereocenters. The van der Waals surface area contributed by atoms with E-state index in [9.17, 15) is 0 Å². The average Bonchev–Trinajstić information content (AvgIpc) is 0.811. The Morgan fingerprint density at radius 3 is 1.40 bits per heavy atom. The van der Waals surface area contributed by atoms with Crippen molar-refractivity contribution in [3.8, 4) is 0 Å². The van der Waals surface area contributed by atoms with Crippen LogP contribution in [0.2, 0.25) is 0 Å². The minimum Gasteiger partial charge on any atom is -0.262 e. The van der Waals surface area contributed by atoms with E-state index in [-0.39, 0.29) is 16.5 Å². The summed E-state index contributed by atoms with van der Waals surface area (Å²) in [4.78, 5) is 8.98. The van der Waals surface area contributed by atoms with Crippen LogP contribution in [-0.2, 0) is 16.5 Å². The van der Waals surface area contributed by atoms with Crippen LogP contribution in [0.3, 0.4) is 0 Å². The van der Waals surface area contributed by atoms with Crippen molar-refractivity contribution in [2.45, 2.75) is 0 Å². The summed E-state index contributed by atoms with van der Waals surface area (Å²) in [6.45, 7) is 0. The molecule has 5 heavy (non-hydrogen) atoms. The van der Waals surface area contributed by atoms with Gasteiger partial charge in [0.25, 0.3) is 0 Å². The first kappa shape index (κ1) is 9.22. The minimum absolute atomic E-state index is 0. The Kier molecular flexibility index (Phi) is 8.75. The largest absolute Gasteiger partial charge is 0.313 e. The van der Waals surface area contributed by atoms with E-state index in [1.807, 2.05) is 0 Å². The van der Waals surface area contributed by atoms with Gasteiger partial charge in [-0.2, -0.15) is 0 Å². The molecule has 0 rings (SSSR count). The zero-order valence-electron chi connectivity index (χ0n) is 1.98. The Morgan fingerprint density at radius 2 is 1.40 bits per heavy atom. The van der Waals surface area contributed by atoms with Gasteiger partial charge >= 0.3 is 4.70 Å². The molecule has 0 heterocycles. The second kappa shape index (κ2) is 4.74. The maximum atomic E-state index is 8.98. The first-order valence-electron chi connectivity index (χ1n) is 0.582. The molecule has 0 aromatic carbocycles. The van der Waals surface area contributed by atoms with E-state index >= 15 is 0 Å². The molecule has 0 aliphatic heterocycles. The minimum atomic E-state index is -0.889. The third-order valence-corrected chi connectivity index (χ3v) is 0. The number of halogens is 2. The monoisotopic (exact) mass is 156 g/mol. The van der Waals surface area contributed by atoms with E-state index in [2.05, 4.69) is 23.2 Å². The van der Waals surface area contributed by atoms with Crippen LogP contribution >= 0.6 is 23.2 Å². The first-order valence-corrected chi connectivity index (χ1v) is 1.34. The van der Waals surface area contributed by atoms with Crippen molar-refractivity contribution in [3.05, 3.63) is 0 Å². The van der Waals surface area contributed by atoms with Crippen molar-refractivity contribution in [1.29, 1.82) is 0 Å². The van der Waals surface area contributed by atoms with Gasteiger partial charge in [0, 0.05) is 16.5 Å². The van der Waals surface area contributed by atoms with Gasteiger partial charge in [-0.1, -0.05) is 0 Å². The third-order valence-electron chi connectivity index (χ3n) is 0. The summed E-state index contributed by atoms with van der Waals surface area (Å²) in [7, 11) is 0. The van der Waals surface area contributed by atoms with Crippen LogP contribution in [0.25, 0.3) is 0 Å². The smallest absolute Gasteiger partial charge is 0.262 e. The fourth-order valence-corrected chi connectivity index (χ4v) is 0. The predicted molar refractivity (Wildman–Crippen MR) is 17.1 cm³/mol. The fourth-order valence-electron chi connectivity index (χ4n) is 0. The zero-order valence-corrected chi connectivity index (χ0v) is 4.48. The van der Waals surface area contributed by atoms with Gasteiger partial charge in [-0.25, -0.2) is 0 Å². The van der Waals surface area contributed by atoms with E-state index < -0.39 is 4.70 Å². The first-order chi connectivity index (χ1) is 1.73. The molecular formula is CCl2NiO. The topological polar surface area (TPSA) is 17.1 Å². The molecule has 0 bridgehead atoms. The molecule has 0 saturated carbocycles. The van der Waals surface area contributed by atoms with Crippen molar-refractivity contribution >= 4 is 27.9 Å². The van der Waals surface area contributed by atoms with Crippen molar-refractivity contribution < 1.29 is 21.3 Å². The van der Waals surface area contributed by atoms with E-state index in [1.165, 1.54) is 0 Å². The van der Waals surface area contributed by atoms with Crippen LogP contribution in [0, 0.1) is 0 Å². The molecule has 1 nitrogen and oxygen atoms in total. The Morgan fingerprint density at radius 1 is 1.40 bits per heavy atom. The molecule has 0 amide bonds. The maximum Gasteiger partial charge on any atom is 0.313 e. The third kappa shape index (κ3) is 64.6. The number of rotatable bonds is 0. The summed E-state index contributed by atoms with van der Waals surface area (Å²) < 4.78 is -0.889. The van der Waals surface area contributed by atoms with E-state index in [0.29, 0.717) is 0 Å². The van der Waals surface area contributed by atoms with Crippen LogP contribution < -0.4 is 0 Å². The Bertz CT molecular complexity index is 32.6. The van der Waals surface area contributed by atoms with Gasteiger partial charge in [-0.3, -0.25) is 4.79 Å². The molecular weight excluding hydrogens is 158 g/mol. The Balaban J connectivity index is 0. The van der Waals surface area contributed by atoms with Crippen molar-refractivity contribution in [2.75, 3.05) is 0 Å². The molecule has 0 N–H and O–H groups in total. The molecule has 0 aliphatic carbocycles. The molecule has 0 spiro atoms. The van der Waals surface area contributed by atoms with Gasteiger partial charge in [-0.15, -0.1) is 0 Å². The maximum absolute atomic E-state index is 8.98. The van der Waals surface area contributed by atoms with Crippen LogP contribution in [-0.4, -0.2) is 4.70 Å². The van der Waals surface area contributed by atoms with Gasteiger partial charge < -0.3 is 0 Å². The van der Waals surface area contributed by atoms with Gasteiger partial charge in [0.1, 0.15) is 0 Å². The molecule has 34 valence electrons. The summed E-state index contributed by atoms with van der Waals surface area (Å²) in [6.07, 6.45) is 0. The van der Waals surface area contributed by atoms with Gasteiger partial charge in [0.15, 0.2) is 0 Å². The van der Waals surface area contributed by atoms with Gasteiger partial charge in [-0.05, 0) is 23.2 Å². The predicted octanol–water partition coefficient (Wildman–Crippen LogP) is 1.58.